The molecule has 0 amide bonds. The van der Waals surface area contributed by atoms with Gasteiger partial charge in [-0.1, -0.05) is 6.92 Å². The van der Waals surface area contributed by atoms with Crippen LogP contribution in [0.1, 0.15) is 57.5 Å². The van der Waals surface area contributed by atoms with Gasteiger partial charge in [-0.15, -0.1) is 0 Å². The number of H-pyrrole nitrogens is 1. The summed E-state index contributed by atoms with van der Waals surface area (Å²) in [4.78, 5) is 19.1. The van der Waals surface area contributed by atoms with Crippen LogP contribution in [-0.4, -0.2) is 16.6 Å². The fourth-order valence-electron chi connectivity index (χ4n) is 1.97. The molecule has 0 saturated heterocycles. The molecule has 4 heteroatoms. The van der Waals surface area contributed by atoms with Crippen LogP contribution in [0.4, 0.5) is 0 Å². The van der Waals surface area contributed by atoms with Crippen LogP contribution in [0, 0.1) is 0 Å². The van der Waals surface area contributed by atoms with Gasteiger partial charge in [0, 0.05) is 18.6 Å². The molecule has 1 aliphatic rings. The maximum Gasteiger partial charge on any atom is 0.251 e. The third-order valence-corrected chi connectivity index (χ3v) is 3.40. The highest BCUT2D eigenvalue weighted by molar-refractivity contribution is 5.16. The fraction of sp³-hybridized carbons (Fsp3) is 0.692. The molecular weight excluding hydrogens is 216 g/mol. The summed E-state index contributed by atoms with van der Waals surface area (Å²) < 4.78 is 5.74. The fourth-order valence-corrected chi connectivity index (χ4v) is 1.97. The number of hydrogen-bond donors (Lipinski definition) is 1. The van der Waals surface area contributed by atoms with Crippen molar-refractivity contribution in [3.8, 4) is 0 Å². The summed E-state index contributed by atoms with van der Waals surface area (Å²) in [5.74, 6) is 1.15. The topological polar surface area (TPSA) is 55.0 Å². The standard InChI is InChI=1S/C13H20N2O2/c1-4-13(3,17-5-2)12-14-10(9-6-7-9)8-11(16)15-12/h8-9H,4-7H2,1-3H3,(H,14,15,16). The Morgan fingerprint density at radius 1 is 1.53 bits per heavy atom. The molecule has 17 heavy (non-hydrogen) atoms. The average molecular weight is 236 g/mol. The van der Waals surface area contributed by atoms with E-state index in [0.29, 0.717) is 18.3 Å². The van der Waals surface area contributed by atoms with Crippen LogP contribution in [0.15, 0.2) is 10.9 Å². The lowest BCUT2D eigenvalue weighted by atomic mass is 10.0. The molecule has 1 aromatic rings. The zero-order valence-electron chi connectivity index (χ0n) is 10.7. The molecule has 0 spiro atoms. The second-order valence-electron chi connectivity index (χ2n) is 4.81. The molecule has 4 nitrogen and oxygen atoms in total. The van der Waals surface area contributed by atoms with E-state index in [4.69, 9.17) is 4.74 Å². The van der Waals surface area contributed by atoms with Gasteiger partial charge in [0.25, 0.3) is 5.56 Å². The second-order valence-corrected chi connectivity index (χ2v) is 4.81. The Balaban J connectivity index is 2.39. The molecule has 0 aromatic carbocycles. The van der Waals surface area contributed by atoms with Gasteiger partial charge in [-0.2, -0.15) is 0 Å². The quantitative estimate of drug-likeness (QED) is 0.853. The van der Waals surface area contributed by atoms with Gasteiger partial charge < -0.3 is 9.72 Å². The highest BCUT2D eigenvalue weighted by Crippen LogP contribution is 2.39. The summed E-state index contributed by atoms with van der Waals surface area (Å²) >= 11 is 0. The van der Waals surface area contributed by atoms with Crippen molar-refractivity contribution in [1.82, 2.24) is 9.97 Å². The number of nitrogens with one attached hydrogen (secondary N) is 1. The van der Waals surface area contributed by atoms with E-state index >= 15 is 0 Å². The molecule has 0 radical (unpaired) electrons. The third-order valence-electron chi connectivity index (χ3n) is 3.40. The van der Waals surface area contributed by atoms with Gasteiger partial charge in [0.1, 0.15) is 11.4 Å². The lowest BCUT2D eigenvalue weighted by molar-refractivity contribution is -0.0393. The van der Waals surface area contributed by atoms with E-state index in [1.807, 2.05) is 20.8 Å². The van der Waals surface area contributed by atoms with Gasteiger partial charge in [0.15, 0.2) is 0 Å². The smallest absolute Gasteiger partial charge is 0.251 e. The number of hydrogen-bond acceptors (Lipinski definition) is 3. The Morgan fingerprint density at radius 3 is 2.76 bits per heavy atom. The summed E-state index contributed by atoms with van der Waals surface area (Å²) in [6.45, 7) is 6.59. The molecular formula is C13H20N2O2. The Bertz CT molecular complexity index is 451. The first-order valence-electron chi connectivity index (χ1n) is 6.34. The maximum absolute atomic E-state index is 11.7. The van der Waals surface area contributed by atoms with Crippen molar-refractivity contribution >= 4 is 0 Å². The second kappa shape index (κ2) is 4.61. The Labute approximate surface area is 101 Å². The van der Waals surface area contributed by atoms with Crippen LogP contribution < -0.4 is 5.56 Å². The van der Waals surface area contributed by atoms with Crippen LogP contribution >= 0.6 is 0 Å². The predicted octanol–water partition coefficient (Wildman–Crippen LogP) is 2.31. The van der Waals surface area contributed by atoms with Crippen molar-refractivity contribution in [1.29, 1.82) is 0 Å². The van der Waals surface area contributed by atoms with Crippen LogP contribution in [0.2, 0.25) is 0 Å². The highest BCUT2D eigenvalue weighted by Gasteiger charge is 2.31. The average Bonchev–Trinajstić information content (AvgIpc) is 3.12. The van der Waals surface area contributed by atoms with Gasteiger partial charge >= 0.3 is 0 Å². The van der Waals surface area contributed by atoms with Gasteiger partial charge in [0.05, 0.1) is 5.69 Å². The van der Waals surface area contributed by atoms with E-state index in [9.17, 15) is 4.79 Å². The Morgan fingerprint density at radius 2 is 2.24 bits per heavy atom. The van der Waals surface area contributed by atoms with Crippen LogP contribution in [-0.2, 0) is 10.3 Å². The third kappa shape index (κ3) is 2.57. The minimum Gasteiger partial charge on any atom is -0.368 e. The summed E-state index contributed by atoms with van der Waals surface area (Å²) in [6.07, 6.45) is 3.08. The molecule has 1 fully saturated rings. The Kier molecular flexibility index (Phi) is 3.33. The van der Waals surface area contributed by atoms with E-state index in [-0.39, 0.29) is 5.56 Å². The zero-order chi connectivity index (χ0) is 12.5. The normalized spacial score (nSPS) is 19.0. The number of aromatic nitrogens is 2. The maximum atomic E-state index is 11.7. The largest absolute Gasteiger partial charge is 0.368 e. The van der Waals surface area contributed by atoms with Crippen LogP contribution in [0.3, 0.4) is 0 Å². The molecule has 1 aromatic heterocycles. The van der Waals surface area contributed by atoms with Crippen molar-refractivity contribution in [3.05, 3.63) is 27.9 Å². The van der Waals surface area contributed by atoms with Crippen LogP contribution in [0.25, 0.3) is 0 Å². The van der Waals surface area contributed by atoms with Crippen LogP contribution in [0.5, 0.6) is 0 Å². The monoisotopic (exact) mass is 236 g/mol. The van der Waals surface area contributed by atoms with E-state index in [1.165, 1.54) is 0 Å². The zero-order valence-corrected chi connectivity index (χ0v) is 10.7. The Hall–Kier alpha value is -1.16. The van der Waals surface area contributed by atoms with Gasteiger partial charge in [-0.25, -0.2) is 4.98 Å². The summed E-state index contributed by atoms with van der Waals surface area (Å²) in [7, 11) is 0. The molecule has 1 heterocycles. The molecule has 1 unspecified atom stereocenters. The molecule has 1 N–H and O–H groups in total. The first kappa shape index (κ1) is 12.3. The van der Waals surface area contributed by atoms with Gasteiger partial charge in [-0.05, 0) is 33.1 Å². The molecule has 0 bridgehead atoms. The molecule has 1 saturated carbocycles. The van der Waals surface area contributed by atoms with E-state index < -0.39 is 5.60 Å². The SMILES string of the molecule is CCOC(C)(CC)c1nc(C2CC2)cc(=O)[nH]1. The lowest BCUT2D eigenvalue weighted by Gasteiger charge is -2.27. The summed E-state index contributed by atoms with van der Waals surface area (Å²) in [6, 6.07) is 1.61. The van der Waals surface area contributed by atoms with Gasteiger partial charge in [-0.3, -0.25) is 4.79 Å². The highest BCUT2D eigenvalue weighted by atomic mass is 16.5. The summed E-state index contributed by atoms with van der Waals surface area (Å²) in [5.41, 5.74) is 0.359. The number of rotatable bonds is 5. The van der Waals surface area contributed by atoms with Crippen molar-refractivity contribution in [3.63, 3.8) is 0 Å². The first-order chi connectivity index (χ1) is 8.09. The van der Waals surface area contributed by atoms with Gasteiger partial charge in [0.2, 0.25) is 0 Å². The minimum atomic E-state index is -0.487. The van der Waals surface area contributed by atoms with Crippen molar-refractivity contribution < 1.29 is 4.74 Å². The summed E-state index contributed by atoms with van der Waals surface area (Å²) in [5, 5.41) is 0. The molecule has 94 valence electrons. The lowest BCUT2D eigenvalue weighted by Crippen LogP contribution is -2.31. The number of nitrogens with zero attached hydrogens (tertiary/aromatic N) is 1. The van der Waals surface area contributed by atoms with Crippen molar-refractivity contribution in [2.24, 2.45) is 0 Å². The first-order valence-corrected chi connectivity index (χ1v) is 6.34. The van der Waals surface area contributed by atoms with E-state index in [0.717, 1.165) is 25.0 Å². The minimum absolute atomic E-state index is 0.0729. The van der Waals surface area contributed by atoms with E-state index in [1.54, 1.807) is 6.07 Å². The van der Waals surface area contributed by atoms with Crippen molar-refractivity contribution in [2.45, 2.75) is 51.6 Å². The predicted molar refractivity (Wildman–Crippen MR) is 66.1 cm³/mol. The van der Waals surface area contributed by atoms with Crippen molar-refractivity contribution in [2.75, 3.05) is 6.61 Å². The molecule has 2 rings (SSSR count). The molecule has 0 aliphatic heterocycles. The van der Waals surface area contributed by atoms with E-state index in [2.05, 4.69) is 9.97 Å². The number of aromatic amines is 1. The molecule has 1 atom stereocenters. The number of ether oxygens (including phenoxy) is 1. The molecule has 1 aliphatic carbocycles.